The van der Waals surface area contributed by atoms with Gasteiger partial charge in [-0.1, -0.05) is 23.7 Å². The van der Waals surface area contributed by atoms with Crippen LogP contribution in [0.2, 0.25) is 5.02 Å². The zero-order valence-electron chi connectivity index (χ0n) is 12.5. The Labute approximate surface area is 138 Å². The van der Waals surface area contributed by atoms with E-state index in [0.29, 0.717) is 22.0 Å². The summed E-state index contributed by atoms with van der Waals surface area (Å²) < 4.78 is 17.9. The van der Waals surface area contributed by atoms with E-state index in [2.05, 4.69) is 10.3 Å². The number of nitrogens with zero attached hydrogens (tertiary/aromatic N) is 1. The number of aliphatic hydroxyl groups excluding tert-OH is 1. The van der Waals surface area contributed by atoms with Crippen LogP contribution in [0.25, 0.3) is 0 Å². The van der Waals surface area contributed by atoms with Crippen LogP contribution < -0.4 is 15.8 Å². The number of hydrogen-bond donors (Lipinski definition) is 3. The normalized spacial score (nSPS) is 12.8. The molecule has 0 spiro atoms. The molecular weight excluding hydrogens is 321 g/mol. The summed E-state index contributed by atoms with van der Waals surface area (Å²) in [4.78, 5) is 4.06. The maximum absolute atomic E-state index is 12.8. The van der Waals surface area contributed by atoms with E-state index < -0.39 is 6.10 Å². The van der Waals surface area contributed by atoms with E-state index in [0.717, 1.165) is 0 Å². The second-order valence-electron chi connectivity index (χ2n) is 4.77. The molecule has 0 aliphatic heterocycles. The van der Waals surface area contributed by atoms with Crippen molar-refractivity contribution in [2.24, 2.45) is 10.7 Å². The van der Waals surface area contributed by atoms with Gasteiger partial charge in [0.15, 0.2) is 5.96 Å². The average molecular weight is 338 g/mol. The third-order valence-corrected chi connectivity index (χ3v) is 3.41. The third kappa shape index (κ3) is 4.84. The molecule has 0 saturated carbocycles. The number of nitrogens with two attached hydrogens (primary N) is 1. The topological polar surface area (TPSA) is 79.9 Å². The van der Waals surface area contributed by atoms with Crippen molar-refractivity contribution in [2.75, 3.05) is 19.0 Å². The Kier molecular flexibility index (Phi) is 5.78. The van der Waals surface area contributed by atoms with Gasteiger partial charge in [0.2, 0.25) is 0 Å². The highest BCUT2D eigenvalue weighted by molar-refractivity contribution is 6.32. The van der Waals surface area contributed by atoms with Gasteiger partial charge >= 0.3 is 0 Å². The highest BCUT2D eigenvalue weighted by atomic mass is 35.5. The summed E-state index contributed by atoms with van der Waals surface area (Å²) in [5.41, 5.74) is 6.98. The number of nitrogens with one attached hydrogen (secondary N) is 1. The molecule has 0 amide bonds. The molecule has 122 valence electrons. The van der Waals surface area contributed by atoms with Crippen LogP contribution in [0.1, 0.15) is 11.7 Å². The van der Waals surface area contributed by atoms with Gasteiger partial charge in [-0.3, -0.25) is 4.99 Å². The number of rotatable bonds is 5. The predicted octanol–water partition coefficient (Wildman–Crippen LogP) is 2.95. The SMILES string of the molecule is COc1ccc(NC(N)=NCC(O)c2ccc(F)cc2)cc1Cl. The zero-order valence-corrected chi connectivity index (χ0v) is 13.2. The summed E-state index contributed by atoms with van der Waals surface area (Å²) in [6.45, 7) is 0.0500. The van der Waals surface area contributed by atoms with Crippen LogP contribution in [0.3, 0.4) is 0 Å². The van der Waals surface area contributed by atoms with E-state index in [1.807, 2.05) is 0 Å². The predicted molar refractivity (Wildman–Crippen MR) is 89.5 cm³/mol. The highest BCUT2D eigenvalue weighted by Gasteiger charge is 2.07. The Morgan fingerprint density at radius 1 is 1.35 bits per heavy atom. The van der Waals surface area contributed by atoms with Gasteiger partial charge in [0.05, 0.1) is 24.8 Å². The Balaban J connectivity index is 1.97. The summed E-state index contributed by atoms with van der Waals surface area (Å²) in [7, 11) is 1.53. The van der Waals surface area contributed by atoms with E-state index >= 15 is 0 Å². The first-order valence-corrected chi connectivity index (χ1v) is 7.21. The fourth-order valence-corrected chi connectivity index (χ4v) is 2.16. The molecule has 5 nitrogen and oxygen atoms in total. The number of benzene rings is 2. The largest absolute Gasteiger partial charge is 0.495 e. The number of ether oxygens (including phenoxy) is 1. The van der Waals surface area contributed by atoms with Gasteiger partial charge in [0.1, 0.15) is 11.6 Å². The van der Waals surface area contributed by atoms with Crippen LogP contribution in [-0.2, 0) is 0 Å². The van der Waals surface area contributed by atoms with Crippen LogP contribution >= 0.6 is 11.6 Å². The molecule has 7 heteroatoms. The molecular formula is C16H17ClFN3O2. The van der Waals surface area contributed by atoms with E-state index in [-0.39, 0.29) is 18.3 Å². The van der Waals surface area contributed by atoms with Gasteiger partial charge in [-0.2, -0.15) is 0 Å². The lowest BCUT2D eigenvalue weighted by molar-refractivity contribution is 0.187. The lowest BCUT2D eigenvalue weighted by atomic mass is 10.1. The summed E-state index contributed by atoms with van der Waals surface area (Å²) in [6, 6.07) is 10.7. The Bertz CT molecular complexity index is 692. The summed E-state index contributed by atoms with van der Waals surface area (Å²) in [6.07, 6.45) is -0.865. The molecule has 1 unspecified atom stereocenters. The van der Waals surface area contributed by atoms with Crippen LogP contribution in [0.4, 0.5) is 10.1 Å². The molecule has 4 N–H and O–H groups in total. The minimum atomic E-state index is -0.865. The van der Waals surface area contributed by atoms with Crippen molar-refractivity contribution in [1.29, 1.82) is 0 Å². The maximum atomic E-state index is 12.8. The van der Waals surface area contributed by atoms with Crippen molar-refractivity contribution < 1.29 is 14.2 Å². The number of halogens is 2. The third-order valence-electron chi connectivity index (χ3n) is 3.11. The minimum Gasteiger partial charge on any atom is -0.495 e. The van der Waals surface area contributed by atoms with Crippen molar-refractivity contribution in [2.45, 2.75) is 6.10 Å². The molecule has 0 saturated heterocycles. The molecule has 0 radical (unpaired) electrons. The molecule has 0 bridgehead atoms. The second-order valence-corrected chi connectivity index (χ2v) is 5.17. The average Bonchev–Trinajstić information content (AvgIpc) is 2.53. The van der Waals surface area contributed by atoms with Crippen molar-refractivity contribution in [1.82, 2.24) is 0 Å². The fraction of sp³-hybridized carbons (Fsp3) is 0.188. The summed E-state index contributed by atoms with van der Waals surface area (Å²) >= 11 is 6.02. The highest BCUT2D eigenvalue weighted by Crippen LogP contribution is 2.27. The first kappa shape index (κ1) is 17.1. The summed E-state index contributed by atoms with van der Waals surface area (Å²) in [5.74, 6) is 0.328. The number of hydrogen-bond acceptors (Lipinski definition) is 3. The fourth-order valence-electron chi connectivity index (χ4n) is 1.91. The van der Waals surface area contributed by atoms with Crippen molar-refractivity contribution >= 4 is 23.2 Å². The molecule has 2 aromatic rings. The van der Waals surface area contributed by atoms with Crippen LogP contribution in [0.5, 0.6) is 5.75 Å². The van der Waals surface area contributed by atoms with Crippen LogP contribution in [-0.4, -0.2) is 24.7 Å². The van der Waals surface area contributed by atoms with Gasteiger partial charge in [0, 0.05) is 5.69 Å². The minimum absolute atomic E-state index is 0.0500. The van der Waals surface area contributed by atoms with E-state index in [1.54, 1.807) is 18.2 Å². The summed E-state index contributed by atoms with van der Waals surface area (Å²) in [5, 5.41) is 13.3. The lowest BCUT2D eigenvalue weighted by Gasteiger charge is -2.11. The number of aliphatic hydroxyl groups is 1. The number of methoxy groups -OCH3 is 1. The van der Waals surface area contributed by atoms with Gasteiger partial charge in [-0.05, 0) is 35.9 Å². The quantitative estimate of drug-likeness (QED) is 0.579. The van der Waals surface area contributed by atoms with Crippen molar-refractivity contribution in [3.63, 3.8) is 0 Å². The second kappa shape index (κ2) is 7.80. The van der Waals surface area contributed by atoms with Crippen LogP contribution in [0, 0.1) is 5.82 Å². The number of guanidine groups is 1. The zero-order chi connectivity index (χ0) is 16.8. The molecule has 0 aromatic heterocycles. The molecule has 2 rings (SSSR count). The van der Waals surface area contributed by atoms with Crippen molar-refractivity contribution in [3.05, 3.63) is 58.9 Å². The Morgan fingerprint density at radius 2 is 2.04 bits per heavy atom. The smallest absolute Gasteiger partial charge is 0.193 e. The molecule has 23 heavy (non-hydrogen) atoms. The molecule has 2 aromatic carbocycles. The molecule has 0 aliphatic carbocycles. The Morgan fingerprint density at radius 3 is 2.65 bits per heavy atom. The first-order valence-electron chi connectivity index (χ1n) is 6.83. The van der Waals surface area contributed by atoms with Gasteiger partial charge in [-0.15, -0.1) is 0 Å². The van der Waals surface area contributed by atoms with Crippen molar-refractivity contribution in [3.8, 4) is 5.75 Å². The van der Waals surface area contributed by atoms with Crippen LogP contribution in [0.15, 0.2) is 47.5 Å². The van der Waals surface area contributed by atoms with Gasteiger partial charge in [0.25, 0.3) is 0 Å². The number of aliphatic imine (C=N–C) groups is 1. The van der Waals surface area contributed by atoms with E-state index in [9.17, 15) is 9.50 Å². The molecule has 1 atom stereocenters. The first-order chi connectivity index (χ1) is 11.0. The monoisotopic (exact) mass is 337 g/mol. The van der Waals surface area contributed by atoms with Gasteiger partial charge < -0.3 is 20.9 Å². The lowest BCUT2D eigenvalue weighted by Crippen LogP contribution is -2.23. The van der Waals surface area contributed by atoms with E-state index in [1.165, 1.54) is 31.4 Å². The Hall–Kier alpha value is -2.31. The maximum Gasteiger partial charge on any atom is 0.193 e. The van der Waals surface area contributed by atoms with Gasteiger partial charge in [-0.25, -0.2) is 4.39 Å². The molecule has 0 fully saturated rings. The van der Waals surface area contributed by atoms with E-state index in [4.69, 9.17) is 22.1 Å². The standard InChI is InChI=1S/C16H17ClFN3O2/c1-23-15-7-6-12(8-13(15)17)21-16(19)20-9-14(22)10-2-4-11(18)5-3-10/h2-8,14,22H,9H2,1H3,(H3,19,20,21). The molecule has 0 aliphatic rings. The number of anilines is 1. The molecule has 0 heterocycles.